The summed E-state index contributed by atoms with van der Waals surface area (Å²) in [4.78, 5) is 10.7. The van der Waals surface area contributed by atoms with E-state index in [1.807, 2.05) is 0 Å². The molecule has 0 unspecified atom stereocenters. The Hall–Kier alpha value is -0.650. The smallest absolute Gasteiger partial charge is 0.303 e. The van der Waals surface area contributed by atoms with E-state index in [2.05, 4.69) is 0 Å². The molecule has 0 radical (unpaired) electrons. The summed E-state index contributed by atoms with van der Waals surface area (Å²) >= 11 is 0. The maximum Gasteiger partial charge on any atom is 0.303 e. The van der Waals surface area contributed by atoms with Crippen molar-refractivity contribution in [3.05, 3.63) is 0 Å². The first-order valence-corrected chi connectivity index (χ1v) is 4.15. The van der Waals surface area contributed by atoms with E-state index in [1.54, 1.807) is 0 Å². The topological polar surface area (TPSA) is 65.0 Å². The standard InChI is InChI=1S/C8H14O5/c1-5(9)13-7-6(10)3-4-12-8(7)11-2/h6-8,10H,3-4H2,1-2H3/t6-,7+,8+/m0/s1. The number of hydrogen-bond donors (Lipinski definition) is 1. The number of carbonyl (C=O) groups excluding carboxylic acids is 1. The molecule has 5 nitrogen and oxygen atoms in total. The van der Waals surface area contributed by atoms with Crippen LogP contribution in [0.15, 0.2) is 0 Å². The number of esters is 1. The molecule has 0 aromatic carbocycles. The van der Waals surface area contributed by atoms with Gasteiger partial charge in [0.15, 0.2) is 12.4 Å². The molecule has 1 N–H and O–H groups in total. The van der Waals surface area contributed by atoms with Gasteiger partial charge in [-0.05, 0) is 0 Å². The van der Waals surface area contributed by atoms with E-state index in [1.165, 1.54) is 14.0 Å². The highest BCUT2D eigenvalue weighted by atomic mass is 16.7. The van der Waals surface area contributed by atoms with Crippen LogP contribution in [0.2, 0.25) is 0 Å². The maximum absolute atomic E-state index is 10.7. The number of methoxy groups -OCH3 is 1. The van der Waals surface area contributed by atoms with Crippen LogP contribution in [-0.4, -0.2) is 43.3 Å². The molecule has 0 aromatic heterocycles. The van der Waals surface area contributed by atoms with Crippen molar-refractivity contribution in [2.75, 3.05) is 13.7 Å². The van der Waals surface area contributed by atoms with Crippen molar-refractivity contribution in [3.8, 4) is 0 Å². The minimum atomic E-state index is -0.712. The SMILES string of the molecule is CO[C@@H]1OCC[C@H](O)[C@H]1OC(C)=O. The summed E-state index contributed by atoms with van der Waals surface area (Å²) in [6.07, 6.45) is -1.62. The first kappa shape index (κ1) is 10.4. The first-order chi connectivity index (χ1) is 6.15. The van der Waals surface area contributed by atoms with Crippen molar-refractivity contribution in [2.24, 2.45) is 0 Å². The van der Waals surface area contributed by atoms with Crippen LogP contribution in [0.1, 0.15) is 13.3 Å². The number of rotatable bonds is 2. The molecule has 1 rings (SSSR count). The van der Waals surface area contributed by atoms with Crippen LogP contribution < -0.4 is 0 Å². The van der Waals surface area contributed by atoms with Crippen LogP contribution in [0, 0.1) is 0 Å². The predicted molar refractivity (Wildman–Crippen MR) is 42.9 cm³/mol. The van der Waals surface area contributed by atoms with Gasteiger partial charge in [-0.2, -0.15) is 0 Å². The van der Waals surface area contributed by atoms with Crippen LogP contribution >= 0.6 is 0 Å². The molecule has 0 aliphatic carbocycles. The van der Waals surface area contributed by atoms with Crippen LogP contribution in [0.5, 0.6) is 0 Å². The third kappa shape index (κ3) is 2.65. The summed E-state index contributed by atoms with van der Waals surface area (Å²) in [5.74, 6) is -0.448. The van der Waals surface area contributed by atoms with Gasteiger partial charge in [0.25, 0.3) is 0 Å². The Balaban J connectivity index is 2.56. The fraction of sp³-hybridized carbons (Fsp3) is 0.875. The van der Waals surface area contributed by atoms with Crippen LogP contribution in [0.3, 0.4) is 0 Å². The quantitative estimate of drug-likeness (QED) is 0.604. The van der Waals surface area contributed by atoms with E-state index in [0.29, 0.717) is 13.0 Å². The Morgan fingerprint density at radius 2 is 2.31 bits per heavy atom. The molecule has 1 saturated heterocycles. The second-order valence-corrected chi connectivity index (χ2v) is 2.90. The highest BCUT2D eigenvalue weighted by Crippen LogP contribution is 2.18. The fourth-order valence-electron chi connectivity index (χ4n) is 1.27. The van der Waals surface area contributed by atoms with Crippen molar-refractivity contribution >= 4 is 5.97 Å². The largest absolute Gasteiger partial charge is 0.454 e. The third-order valence-electron chi connectivity index (χ3n) is 1.88. The molecule has 0 aromatic rings. The minimum absolute atomic E-state index is 0.414. The van der Waals surface area contributed by atoms with Gasteiger partial charge in [-0.1, -0.05) is 0 Å². The number of aliphatic hydroxyl groups excluding tert-OH is 1. The van der Waals surface area contributed by atoms with E-state index in [4.69, 9.17) is 14.2 Å². The lowest BCUT2D eigenvalue weighted by molar-refractivity contribution is -0.242. The summed E-state index contributed by atoms with van der Waals surface area (Å²) in [6, 6.07) is 0. The summed E-state index contributed by atoms with van der Waals surface area (Å²) in [7, 11) is 1.44. The van der Waals surface area contributed by atoms with Crippen molar-refractivity contribution < 1.29 is 24.1 Å². The minimum Gasteiger partial charge on any atom is -0.454 e. The third-order valence-corrected chi connectivity index (χ3v) is 1.88. The van der Waals surface area contributed by atoms with Gasteiger partial charge < -0.3 is 19.3 Å². The van der Waals surface area contributed by atoms with E-state index in [-0.39, 0.29) is 0 Å². The number of aliphatic hydroxyl groups is 1. The Labute approximate surface area is 76.6 Å². The van der Waals surface area contributed by atoms with Gasteiger partial charge in [0, 0.05) is 20.5 Å². The molecule has 0 saturated carbocycles. The van der Waals surface area contributed by atoms with Gasteiger partial charge in [0.2, 0.25) is 0 Å². The van der Waals surface area contributed by atoms with Gasteiger partial charge in [0.05, 0.1) is 12.7 Å². The zero-order valence-electron chi connectivity index (χ0n) is 7.73. The lowest BCUT2D eigenvalue weighted by atomic mass is 10.1. The molecule has 1 heterocycles. The summed E-state index contributed by atoms with van der Waals surface area (Å²) in [6.45, 7) is 1.70. The van der Waals surface area contributed by atoms with Crippen LogP contribution in [-0.2, 0) is 19.0 Å². The molecule has 13 heavy (non-hydrogen) atoms. The van der Waals surface area contributed by atoms with Crippen molar-refractivity contribution in [3.63, 3.8) is 0 Å². The predicted octanol–water partition coefficient (Wildman–Crippen LogP) is -0.328. The molecule has 1 aliphatic rings. The molecule has 0 bridgehead atoms. The van der Waals surface area contributed by atoms with Crippen molar-refractivity contribution in [1.29, 1.82) is 0 Å². The molecule has 76 valence electrons. The van der Waals surface area contributed by atoms with Crippen molar-refractivity contribution in [2.45, 2.75) is 31.8 Å². The van der Waals surface area contributed by atoms with Gasteiger partial charge in [-0.3, -0.25) is 4.79 Å². The van der Waals surface area contributed by atoms with E-state index in [0.717, 1.165) is 0 Å². The Kier molecular flexibility index (Phi) is 3.65. The lowest BCUT2D eigenvalue weighted by Crippen LogP contribution is -2.47. The summed E-state index contributed by atoms with van der Waals surface area (Å²) in [5, 5.41) is 9.48. The first-order valence-electron chi connectivity index (χ1n) is 4.15. The molecular formula is C8H14O5. The van der Waals surface area contributed by atoms with Crippen LogP contribution in [0.4, 0.5) is 0 Å². The van der Waals surface area contributed by atoms with E-state index < -0.39 is 24.5 Å². The fourth-order valence-corrected chi connectivity index (χ4v) is 1.27. The highest BCUT2D eigenvalue weighted by Gasteiger charge is 2.35. The Morgan fingerprint density at radius 3 is 2.85 bits per heavy atom. The lowest BCUT2D eigenvalue weighted by Gasteiger charge is -2.33. The molecule has 1 fully saturated rings. The zero-order chi connectivity index (χ0) is 9.84. The van der Waals surface area contributed by atoms with Gasteiger partial charge in [-0.25, -0.2) is 0 Å². The van der Waals surface area contributed by atoms with Gasteiger partial charge >= 0.3 is 5.97 Å². The second-order valence-electron chi connectivity index (χ2n) is 2.90. The second kappa shape index (κ2) is 4.55. The molecular weight excluding hydrogens is 176 g/mol. The average Bonchev–Trinajstić information content (AvgIpc) is 2.08. The average molecular weight is 190 g/mol. The highest BCUT2D eigenvalue weighted by molar-refractivity contribution is 5.66. The Morgan fingerprint density at radius 1 is 1.62 bits per heavy atom. The maximum atomic E-state index is 10.7. The molecule has 1 aliphatic heterocycles. The summed E-state index contributed by atoms with van der Waals surface area (Å²) < 4.78 is 14.9. The van der Waals surface area contributed by atoms with Crippen molar-refractivity contribution in [1.82, 2.24) is 0 Å². The molecule has 0 amide bonds. The number of carbonyl (C=O) groups is 1. The van der Waals surface area contributed by atoms with Gasteiger partial charge in [0.1, 0.15) is 0 Å². The number of ether oxygens (including phenoxy) is 3. The summed E-state index contributed by atoms with van der Waals surface area (Å²) in [5.41, 5.74) is 0. The monoisotopic (exact) mass is 190 g/mol. The van der Waals surface area contributed by atoms with Gasteiger partial charge in [-0.15, -0.1) is 0 Å². The van der Waals surface area contributed by atoms with E-state index >= 15 is 0 Å². The zero-order valence-corrected chi connectivity index (χ0v) is 7.73. The Bertz CT molecular complexity index is 181. The normalized spacial score (nSPS) is 34.2. The van der Waals surface area contributed by atoms with E-state index in [9.17, 15) is 9.90 Å². The molecule has 3 atom stereocenters. The molecule has 5 heteroatoms. The van der Waals surface area contributed by atoms with Crippen LogP contribution in [0.25, 0.3) is 0 Å². The number of hydrogen-bond acceptors (Lipinski definition) is 5. The molecule has 0 spiro atoms.